The lowest BCUT2D eigenvalue weighted by Gasteiger charge is -2.41. The zero-order valence-corrected chi connectivity index (χ0v) is 13.1. The van der Waals surface area contributed by atoms with Gasteiger partial charge in [-0.3, -0.25) is 0 Å². The van der Waals surface area contributed by atoms with Gasteiger partial charge in [0.05, 0.1) is 12.7 Å². The minimum Gasteiger partial charge on any atom is -0.494 e. The van der Waals surface area contributed by atoms with Gasteiger partial charge in [-0.25, -0.2) is 0 Å². The Hall–Kier alpha value is -1.02. The Bertz CT molecular complexity index is 408. The lowest BCUT2D eigenvalue weighted by atomic mass is 9.65. The molecule has 1 N–H and O–H groups in total. The summed E-state index contributed by atoms with van der Waals surface area (Å²) in [6, 6.07) is 7.98. The average molecular weight is 276 g/mol. The van der Waals surface area contributed by atoms with Crippen LogP contribution < -0.4 is 4.74 Å². The summed E-state index contributed by atoms with van der Waals surface area (Å²) in [6.45, 7) is 7.43. The van der Waals surface area contributed by atoms with Crippen LogP contribution >= 0.6 is 0 Å². The molecule has 2 rings (SSSR count). The van der Waals surface area contributed by atoms with E-state index in [1.54, 1.807) is 0 Å². The van der Waals surface area contributed by atoms with Crippen molar-refractivity contribution in [1.82, 2.24) is 0 Å². The van der Waals surface area contributed by atoms with Crippen LogP contribution in [-0.4, -0.2) is 11.7 Å². The van der Waals surface area contributed by atoms with Crippen LogP contribution in [0.2, 0.25) is 0 Å². The standard InChI is InChI=1S/C18H28O2/c1-4-13-20-15-10-8-14(9-11-15)17(19)16-7-5-6-12-18(16,2)3/h8-11,16-17,19H,4-7,12-13H2,1-3H3. The van der Waals surface area contributed by atoms with Crippen LogP contribution in [0.1, 0.15) is 64.5 Å². The van der Waals surface area contributed by atoms with Crippen molar-refractivity contribution in [2.45, 2.75) is 59.0 Å². The van der Waals surface area contributed by atoms with Gasteiger partial charge in [0, 0.05) is 0 Å². The lowest BCUT2D eigenvalue weighted by molar-refractivity contribution is 0.00383. The van der Waals surface area contributed by atoms with E-state index in [1.807, 2.05) is 24.3 Å². The molecule has 0 saturated heterocycles. The van der Waals surface area contributed by atoms with Crippen molar-refractivity contribution in [3.63, 3.8) is 0 Å². The summed E-state index contributed by atoms with van der Waals surface area (Å²) < 4.78 is 5.59. The van der Waals surface area contributed by atoms with E-state index >= 15 is 0 Å². The third-order valence-corrected chi connectivity index (χ3v) is 4.67. The molecular formula is C18H28O2. The Balaban J connectivity index is 2.06. The Morgan fingerprint density at radius 2 is 1.95 bits per heavy atom. The molecule has 2 heteroatoms. The van der Waals surface area contributed by atoms with E-state index in [0.29, 0.717) is 5.92 Å². The Morgan fingerprint density at radius 1 is 1.25 bits per heavy atom. The summed E-state index contributed by atoms with van der Waals surface area (Å²) in [4.78, 5) is 0. The van der Waals surface area contributed by atoms with Gasteiger partial charge in [0.2, 0.25) is 0 Å². The van der Waals surface area contributed by atoms with Crippen LogP contribution in [0.3, 0.4) is 0 Å². The number of hydrogen-bond acceptors (Lipinski definition) is 2. The van der Waals surface area contributed by atoms with Crippen LogP contribution in [0.25, 0.3) is 0 Å². The first-order valence-corrected chi connectivity index (χ1v) is 7.95. The highest BCUT2D eigenvalue weighted by Crippen LogP contribution is 2.46. The number of aliphatic hydroxyl groups is 1. The molecule has 0 heterocycles. The number of rotatable bonds is 5. The second-order valence-corrected chi connectivity index (χ2v) is 6.70. The number of hydrogen-bond donors (Lipinski definition) is 1. The van der Waals surface area contributed by atoms with Gasteiger partial charge < -0.3 is 9.84 Å². The Kier molecular flexibility index (Phi) is 5.09. The first-order chi connectivity index (χ1) is 9.54. The van der Waals surface area contributed by atoms with Crippen molar-refractivity contribution in [3.8, 4) is 5.75 Å². The Morgan fingerprint density at radius 3 is 2.55 bits per heavy atom. The predicted molar refractivity (Wildman–Crippen MR) is 82.9 cm³/mol. The smallest absolute Gasteiger partial charge is 0.119 e. The third-order valence-electron chi connectivity index (χ3n) is 4.67. The molecule has 1 aromatic carbocycles. The van der Waals surface area contributed by atoms with E-state index in [9.17, 15) is 5.11 Å². The molecule has 2 nitrogen and oxygen atoms in total. The zero-order chi connectivity index (χ0) is 14.6. The van der Waals surface area contributed by atoms with E-state index < -0.39 is 0 Å². The highest BCUT2D eigenvalue weighted by atomic mass is 16.5. The van der Waals surface area contributed by atoms with Crippen molar-refractivity contribution in [2.24, 2.45) is 11.3 Å². The molecule has 0 amide bonds. The van der Waals surface area contributed by atoms with Crippen LogP contribution in [0, 0.1) is 11.3 Å². The molecule has 1 fully saturated rings. The molecule has 0 spiro atoms. The average Bonchev–Trinajstić information content (AvgIpc) is 2.44. The van der Waals surface area contributed by atoms with E-state index in [4.69, 9.17) is 4.74 Å². The molecule has 0 aliphatic heterocycles. The first-order valence-electron chi connectivity index (χ1n) is 7.95. The van der Waals surface area contributed by atoms with Crippen LogP contribution in [0.15, 0.2) is 24.3 Å². The highest BCUT2D eigenvalue weighted by Gasteiger charge is 2.37. The minimum atomic E-state index is -0.356. The summed E-state index contributed by atoms with van der Waals surface area (Å²) >= 11 is 0. The molecule has 1 saturated carbocycles. The second-order valence-electron chi connectivity index (χ2n) is 6.70. The summed E-state index contributed by atoms with van der Waals surface area (Å²) in [5.41, 5.74) is 1.25. The molecule has 1 aliphatic carbocycles. The predicted octanol–water partition coefficient (Wildman–Crippen LogP) is 4.73. The molecule has 2 unspecified atom stereocenters. The highest BCUT2D eigenvalue weighted by molar-refractivity contribution is 5.29. The van der Waals surface area contributed by atoms with Gasteiger partial charge in [0.15, 0.2) is 0 Å². The topological polar surface area (TPSA) is 29.5 Å². The summed E-state index contributed by atoms with van der Waals surface area (Å²) in [6.07, 6.45) is 5.53. The van der Waals surface area contributed by atoms with Crippen molar-refractivity contribution in [1.29, 1.82) is 0 Å². The molecule has 112 valence electrons. The van der Waals surface area contributed by atoms with E-state index in [1.165, 1.54) is 19.3 Å². The van der Waals surface area contributed by atoms with Crippen molar-refractivity contribution in [2.75, 3.05) is 6.61 Å². The van der Waals surface area contributed by atoms with Gasteiger partial charge in [0.25, 0.3) is 0 Å². The lowest BCUT2D eigenvalue weighted by Crippen LogP contribution is -2.32. The maximum Gasteiger partial charge on any atom is 0.119 e. The molecule has 2 atom stereocenters. The molecule has 1 aromatic rings. The first kappa shape index (κ1) is 15.4. The van der Waals surface area contributed by atoms with Crippen molar-refractivity contribution >= 4 is 0 Å². The van der Waals surface area contributed by atoms with Crippen LogP contribution in [-0.2, 0) is 0 Å². The molecule has 1 aliphatic rings. The van der Waals surface area contributed by atoms with Crippen LogP contribution in [0.4, 0.5) is 0 Å². The fourth-order valence-corrected chi connectivity index (χ4v) is 3.32. The maximum atomic E-state index is 10.7. The molecule has 20 heavy (non-hydrogen) atoms. The van der Waals surface area contributed by atoms with Gasteiger partial charge in [0.1, 0.15) is 5.75 Å². The maximum absolute atomic E-state index is 10.7. The molecular weight excluding hydrogens is 248 g/mol. The van der Waals surface area contributed by atoms with Crippen molar-refractivity contribution in [3.05, 3.63) is 29.8 Å². The summed E-state index contributed by atoms with van der Waals surface area (Å²) in [5, 5.41) is 10.7. The SMILES string of the molecule is CCCOc1ccc(C(O)C2CCCCC2(C)C)cc1. The van der Waals surface area contributed by atoms with Crippen LogP contribution in [0.5, 0.6) is 5.75 Å². The fraction of sp³-hybridized carbons (Fsp3) is 0.667. The largest absolute Gasteiger partial charge is 0.494 e. The Labute approximate surface area is 123 Å². The van der Waals surface area contributed by atoms with E-state index in [2.05, 4.69) is 20.8 Å². The molecule has 0 bridgehead atoms. The van der Waals surface area contributed by atoms with Gasteiger partial charge in [-0.2, -0.15) is 0 Å². The summed E-state index contributed by atoms with van der Waals surface area (Å²) in [5.74, 6) is 1.25. The molecule has 0 radical (unpaired) electrons. The van der Waals surface area contributed by atoms with Gasteiger partial charge in [-0.1, -0.05) is 45.7 Å². The molecule has 0 aromatic heterocycles. The second kappa shape index (κ2) is 6.62. The van der Waals surface area contributed by atoms with E-state index in [-0.39, 0.29) is 11.5 Å². The number of benzene rings is 1. The van der Waals surface area contributed by atoms with Crippen molar-refractivity contribution < 1.29 is 9.84 Å². The fourth-order valence-electron chi connectivity index (χ4n) is 3.32. The van der Waals surface area contributed by atoms with E-state index in [0.717, 1.165) is 30.8 Å². The monoisotopic (exact) mass is 276 g/mol. The minimum absolute atomic E-state index is 0.231. The van der Waals surface area contributed by atoms with Gasteiger partial charge in [-0.15, -0.1) is 0 Å². The van der Waals surface area contributed by atoms with Gasteiger partial charge in [-0.05, 0) is 48.3 Å². The van der Waals surface area contributed by atoms with Gasteiger partial charge >= 0.3 is 0 Å². The third kappa shape index (κ3) is 3.54. The number of aliphatic hydroxyl groups excluding tert-OH is 1. The number of ether oxygens (including phenoxy) is 1. The normalized spacial score (nSPS) is 23.3. The summed E-state index contributed by atoms with van der Waals surface area (Å²) in [7, 11) is 0. The zero-order valence-electron chi connectivity index (χ0n) is 13.1. The quantitative estimate of drug-likeness (QED) is 0.842.